The highest BCUT2D eigenvalue weighted by Crippen LogP contribution is 2.30. The highest BCUT2D eigenvalue weighted by molar-refractivity contribution is 14.1. The van der Waals surface area contributed by atoms with Gasteiger partial charge < -0.3 is 20.7 Å². The molecule has 1 aliphatic rings. The lowest BCUT2D eigenvalue weighted by Gasteiger charge is -2.13. The molecule has 0 aliphatic carbocycles. The molecular weight excluding hydrogens is 381 g/mol. The van der Waals surface area contributed by atoms with Crippen molar-refractivity contribution < 1.29 is 14.9 Å². The number of fused-ring (bicyclic) bond motifs is 1. The number of nitrogen functional groups attached to an aromatic ring is 1. The Morgan fingerprint density at radius 2 is 2.30 bits per heavy atom. The van der Waals surface area contributed by atoms with Gasteiger partial charge in [-0.3, -0.25) is 4.57 Å². The summed E-state index contributed by atoms with van der Waals surface area (Å²) < 4.78 is 9.07. The number of ether oxygens (including phenoxy) is 1. The zero-order valence-corrected chi connectivity index (χ0v) is 12.3. The fraction of sp³-hybridized carbons (Fsp3) is 0.500. The van der Waals surface area contributed by atoms with Crippen molar-refractivity contribution in [2.75, 3.05) is 12.3 Å². The van der Waals surface area contributed by atoms with Crippen LogP contribution in [0.5, 0.6) is 0 Å². The van der Waals surface area contributed by atoms with Crippen LogP contribution in [0.2, 0.25) is 0 Å². The molecule has 0 spiro atoms. The fourth-order valence-corrected chi connectivity index (χ4v) is 2.99. The quantitative estimate of drug-likeness (QED) is 0.543. The van der Waals surface area contributed by atoms with Gasteiger partial charge in [0.15, 0.2) is 0 Å². The van der Waals surface area contributed by atoms with Gasteiger partial charge in [0.2, 0.25) is 11.7 Å². The number of rotatable bonds is 2. The van der Waals surface area contributed by atoms with Crippen molar-refractivity contribution in [2.45, 2.75) is 24.9 Å². The molecule has 2 aromatic heterocycles. The molecule has 0 aromatic carbocycles. The molecule has 20 heavy (non-hydrogen) atoms. The lowest BCUT2D eigenvalue weighted by Crippen LogP contribution is -2.24. The molecule has 108 valence electrons. The van der Waals surface area contributed by atoms with Gasteiger partial charge in [0, 0.05) is 12.6 Å². The molecule has 4 N–H and O–H groups in total. The number of nitrogens with two attached hydrogens (primary N) is 1. The van der Waals surface area contributed by atoms with Crippen molar-refractivity contribution in [1.82, 2.24) is 18.9 Å². The van der Waals surface area contributed by atoms with Gasteiger partial charge in [-0.1, -0.05) is 0 Å². The smallest absolute Gasteiger partial charge is 0.358 e. The lowest BCUT2D eigenvalue weighted by molar-refractivity contribution is -0.0432. The molecule has 3 rings (SSSR count). The summed E-state index contributed by atoms with van der Waals surface area (Å²) in [5, 5.41) is 18.9. The molecule has 3 atom stereocenters. The van der Waals surface area contributed by atoms with E-state index in [0.29, 0.717) is 15.9 Å². The van der Waals surface area contributed by atoms with Crippen LogP contribution < -0.4 is 11.4 Å². The first-order chi connectivity index (χ1) is 9.51. The van der Waals surface area contributed by atoms with E-state index in [-0.39, 0.29) is 12.6 Å². The van der Waals surface area contributed by atoms with Crippen LogP contribution in [0.25, 0.3) is 5.78 Å². The van der Waals surface area contributed by atoms with Crippen LogP contribution in [0.1, 0.15) is 12.6 Å². The number of anilines is 1. The first kappa shape index (κ1) is 13.7. The number of nitrogens with zero attached hydrogens (tertiary/aromatic N) is 4. The maximum Gasteiger partial charge on any atom is 0.358 e. The van der Waals surface area contributed by atoms with Gasteiger partial charge in [-0.05, 0) is 22.6 Å². The first-order valence-electron chi connectivity index (χ1n) is 5.88. The van der Waals surface area contributed by atoms with Crippen LogP contribution in [0.15, 0.2) is 11.0 Å². The van der Waals surface area contributed by atoms with E-state index in [0.717, 1.165) is 0 Å². The van der Waals surface area contributed by atoms with Crippen LogP contribution in [0, 0.1) is 3.70 Å². The topological polar surface area (TPSA) is 128 Å². The van der Waals surface area contributed by atoms with Gasteiger partial charge in [0.1, 0.15) is 16.0 Å². The fourth-order valence-electron chi connectivity index (χ4n) is 2.26. The highest BCUT2D eigenvalue weighted by Gasteiger charge is 2.35. The standard InChI is InChI=1S/C10H12IN5O4/c11-6-2-15(7-1-4(18)5(3-17)20-7)9-13-8(12)14-10(19)16(6)9/h2,4-5,7,17-18H,1,3H2,(H2,12,14,19)/t4-,5+,7+/m0/s1. The van der Waals surface area contributed by atoms with Crippen molar-refractivity contribution >= 4 is 34.3 Å². The Morgan fingerprint density at radius 1 is 1.55 bits per heavy atom. The summed E-state index contributed by atoms with van der Waals surface area (Å²) in [4.78, 5) is 19.4. The highest BCUT2D eigenvalue weighted by atomic mass is 127. The molecule has 3 heterocycles. The number of aliphatic hydroxyl groups is 2. The molecule has 1 saturated heterocycles. The molecule has 0 bridgehead atoms. The number of halogens is 1. The van der Waals surface area contributed by atoms with Gasteiger partial charge in [-0.25, -0.2) is 9.20 Å². The summed E-state index contributed by atoms with van der Waals surface area (Å²) in [7, 11) is 0. The van der Waals surface area contributed by atoms with Crippen molar-refractivity contribution in [3.63, 3.8) is 0 Å². The van der Waals surface area contributed by atoms with Gasteiger partial charge in [0.05, 0.1) is 12.7 Å². The van der Waals surface area contributed by atoms with E-state index in [1.165, 1.54) is 4.40 Å². The average molecular weight is 393 g/mol. The van der Waals surface area contributed by atoms with Crippen molar-refractivity contribution in [2.24, 2.45) is 0 Å². The third-order valence-electron chi connectivity index (χ3n) is 3.20. The van der Waals surface area contributed by atoms with Crippen molar-refractivity contribution in [3.8, 4) is 0 Å². The van der Waals surface area contributed by atoms with Crippen LogP contribution in [-0.4, -0.2) is 48.0 Å². The Labute approximate surface area is 126 Å². The van der Waals surface area contributed by atoms with E-state index >= 15 is 0 Å². The average Bonchev–Trinajstić information content (AvgIpc) is 2.90. The van der Waals surface area contributed by atoms with Crippen LogP contribution in [0.3, 0.4) is 0 Å². The summed E-state index contributed by atoms with van der Waals surface area (Å²) in [6.07, 6.45) is 0.0307. The summed E-state index contributed by atoms with van der Waals surface area (Å²) in [6.45, 7) is -0.273. The van der Waals surface area contributed by atoms with Gasteiger partial charge in [-0.15, -0.1) is 0 Å². The molecule has 10 heteroatoms. The summed E-state index contributed by atoms with van der Waals surface area (Å²) >= 11 is 1.98. The Balaban J connectivity index is 2.11. The number of aromatic nitrogens is 4. The number of hydrogen-bond donors (Lipinski definition) is 3. The number of hydrogen-bond acceptors (Lipinski definition) is 7. The SMILES string of the molecule is Nc1nc(=O)n2c(I)cn([C@H]3C[C@H](O)[C@@H](CO)O3)c2n1. The minimum Gasteiger partial charge on any atom is -0.394 e. The Hall–Kier alpha value is -1.24. The maximum atomic E-state index is 11.8. The minimum absolute atomic E-state index is 0.122. The molecule has 1 fully saturated rings. The Bertz CT molecular complexity index is 713. The van der Waals surface area contributed by atoms with E-state index in [9.17, 15) is 9.90 Å². The first-order valence-corrected chi connectivity index (χ1v) is 6.96. The monoisotopic (exact) mass is 393 g/mol. The summed E-state index contributed by atoms with van der Waals surface area (Å²) in [5.41, 5.74) is 4.98. The molecule has 0 radical (unpaired) electrons. The van der Waals surface area contributed by atoms with Crippen molar-refractivity contribution in [1.29, 1.82) is 0 Å². The van der Waals surface area contributed by atoms with E-state index in [2.05, 4.69) is 9.97 Å². The molecule has 0 saturated carbocycles. The van der Waals surface area contributed by atoms with Crippen molar-refractivity contribution in [3.05, 3.63) is 20.4 Å². The molecular formula is C10H12IN5O4. The second-order valence-corrected chi connectivity index (χ2v) is 5.58. The summed E-state index contributed by atoms with van der Waals surface area (Å²) in [5.74, 6) is 0.172. The lowest BCUT2D eigenvalue weighted by atomic mass is 10.2. The molecule has 0 unspecified atom stereocenters. The second kappa shape index (κ2) is 4.95. The van der Waals surface area contributed by atoms with E-state index in [4.69, 9.17) is 15.6 Å². The Kier molecular flexibility index (Phi) is 3.40. The normalized spacial score (nSPS) is 26.4. The minimum atomic E-state index is -0.768. The van der Waals surface area contributed by atoms with Crippen LogP contribution >= 0.6 is 22.6 Å². The van der Waals surface area contributed by atoms with Gasteiger partial charge in [-0.2, -0.15) is 9.97 Å². The van der Waals surface area contributed by atoms with Crippen LogP contribution in [0.4, 0.5) is 5.95 Å². The van der Waals surface area contributed by atoms with Crippen LogP contribution in [-0.2, 0) is 4.74 Å². The third-order valence-corrected chi connectivity index (χ3v) is 3.96. The molecule has 1 aliphatic heterocycles. The molecule has 9 nitrogen and oxygen atoms in total. The second-order valence-electron chi connectivity index (χ2n) is 4.47. The van der Waals surface area contributed by atoms with Gasteiger partial charge in [0.25, 0.3) is 0 Å². The Morgan fingerprint density at radius 3 is 2.95 bits per heavy atom. The zero-order valence-electron chi connectivity index (χ0n) is 10.2. The maximum absolute atomic E-state index is 11.8. The molecule has 0 amide bonds. The predicted octanol–water partition coefficient (Wildman–Crippen LogP) is -1.28. The predicted molar refractivity (Wildman–Crippen MR) is 76.0 cm³/mol. The summed E-state index contributed by atoms with van der Waals surface area (Å²) in [6, 6.07) is 0. The van der Waals surface area contributed by atoms with Gasteiger partial charge >= 0.3 is 5.69 Å². The zero-order chi connectivity index (χ0) is 14.4. The number of aliphatic hydroxyl groups excluding tert-OH is 2. The largest absolute Gasteiger partial charge is 0.394 e. The van der Waals surface area contributed by atoms with E-state index in [1.54, 1.807) is 10.8 Å². The third kappa shape index (κ3) is 2.08. The number of imidazole rings is 1. The van der Waals surface area contributed by atoms with E-state index < -0.39 is 24.1 Å². The van der Waals surface area contributed by atoms with E-state index in [1.807, 2.05) is 22.6 Å². The molecule has 2 aromatic rings.